The Balaban J connectivity index is 1.23. The highest BCUT2D eigenvalue weighted by atomic mass is 35.5. The van der Waals surface area contributed by atoms with Crippen molar-refractivity contribution in [1.82, 2.24) is 30.7 Å². The summed E-state index contributed by atoms with van der Waals surface area (Å²) in [6, 6.07) is 0.253. The number of aromatic nitrogens is 3. The van der Waals surface area contributed by atoms with Crippen molar-refractivity contribution in [2.45, 2.75) is 80.6 Å². The Morgan fingerprint density at radius 2 is 2.09 bits per heavy atom. The number of alkyl halides is 2. The number of morpholine rings is 1. The van der Waals surface area contributed by atoms with Gasteiger partial charge in [-0.1, -0.05) is 6.92 Å². The topological polar surface area (TPSA) is 96.9 Å². The zero-order chi connectivity index (χ0) is 30.7. The van der Waals surface area contributed by atoms with Crippen LogP contribution in [0.4, 0.5) is 14.6 Å². The van der Waals surface area contributed by atoms with E-state index in [1.165, 1.54) is 0 Å². The number of hydrazine groups is 1. The van der Waals surface area contributed by atoms with Gasteiger partial charge in [0.2, 0.25) is 0 Å². The van der Waals surface area contributed by atoms with Crippen molar-refractivity contribution in [3.05, 3.63) is 17.7 Å². The van der Waals surface area contributed by atoms with Crippen LogP contribution in [0.15, 0.2) is 6.20 Å². The third-order valence-electron chi connectivity index (χ3n) is 11.4. The third-order valence-corrected chi connectivity index (χ3v) is 11.9. The van der Waals surface area contributed by atoms with Gasteiger partial charge < -0.3 is 19.1 Å². The first-order valence-corrected chi connectivity index (χ1v) is 17.3. The van der Waals surface area contributed by atoms with Crippen LogP contribution in [-0.2, 0) is 9.47 Å². The molecule has 9 rings (SSSR count). The van der Waals surface area contributed by atoms with Crippen molar-refractivity contribution < 1.29 is 23.0 Å². The summed E-state index contributed by atoms with van der Waals surface area (Å²) in [6.45, 7) is 7.26. The maximum absolute atomic E-state index is 17.1. The third kappa shape index (κ3) is 5.57. The molecule has 5 fully saturated rings. The molecular weight excluding hydrogens is 604 g/mol. The summed E-state index contributed by atoms with van der Waals surface area (Å²) in [4.78, 5) is 18.8. The smallest absolute Gasteiger partial charge is 0.319 e. The van der Waals surface area contributed by atoms with Crippen molar-refractivity contribution >= 4 is 28.3 Å². The van der Waals surface area contributed by atoms with Crippen molar-refractivity contribution in [1.29, 1.82) is 0 Å². The Morgan fingerprint density at radius 1 is 1.18 bits per heavy atom. The van der Waals surface area contributed by atoms with Crippen LogP contribution in [0, 0.1) is 23.6 Å². The normalized spacial score (nSPS) is 38.9. The van der Waals surface area contributed by atoms with E-state index in [-0.39, 0.29) is 58.9 Å². The van der Waals surface area contributed by atoms with Crippen LogP contribution >= 0.6 is 11.6 Å². The van der Waals surface area contributed by atoms with E-state index in [0.29, 0.717) is 68.7 Å². The number of pyridine rings is 1. The van der Waals surface area contributed by atoms with Crippen LogP contribution < -0.4 is 20.5 Å². The number of nitrogens with zero attached hydrogens (tertiary/aromatic N) is 5. The van der Waals surface area contributed by atoms with Crippen molar-refractivity contribution in [3.8, 4) is 6.01 Å². The van der Waals surface area contributed by atoms with Gasteiger partial charge in [-0.25, -0.2) is 8.78 Å². The molecule has 2 aromatic heterocycles. The molecule has 2 aromatic rings. The Kier molecular flexibility index (Phi) is 8.27. The molecule has 2 N–H and O–H groups in total. The summed E-state index contributed by atoms with van der Waals surface area (Å²) in [5.41, 5.74) is 6.95. The summed E-state index contributed by atoms with van der Waals surface area (Å²) in [6.07, 6.45) is 5.61. The second-order valence-corrected chi connectivity index (χ2v) is 14.9. The first-order chi connectivity index (χ1) is 21.9. The van der Waals surface area contributed by atoms with Crippen LogP contribution in [0.5, 0.6) is 6.01 Å². The number of halogens is 3. The number of nitrogens with one attached hydrogen (secondary N) is 2. The van der Waals surface area contributed by atoms with E-state index >= 15 is 4.39 Å². The minimum atomic E-state index is -0.868. The largest absolute Gasteiger partial charge is 0.461 e. The Hall–Kier alpha value is -1.96. The average molecular weight is 648 g/mol. The molecule has 13 heteroatoms. The molecule has 9 atom stereocenters. The molecule has 6 bridgehead atoms. The average Bonchev–Trinajstić information content (AvgIpc) is 3.73. The van der Waals surface area contributed by atoms with E-state index in [4.69, 9.17) is 40.8 Å². The lowest BCUT2D eigenvalue weighted by Crippen LogP contribution is -2.46. The van der Waals surface area contributed by atoms with E-state index in [0.717, 1.165) is 45.2 Å². The van der Waals surface area contributed by atoms with Crippen molar-refractivity contribution in [2.24, 2.45) is 17.8 Å². The lowest BCUT2D eigenvalue weighted by atomic mass is 9.65. The van der Waals surface area contributed by atoms with E-state index in [1.807, 2.05) is 0 Å². The van der Waals surface area contributed by atoms with Gasteiger partial charge >= 0.3 is 6.01 Å². The Labute approximate surface area is 267 Å². The monoisotopic (exact) mass is 647 g/mol. The molecule has 10 nitrogen and oxygen atoms in total. The lowest BCUT2D eigenvalue weighted by Gasteiger charge is -2.43. The standard InChI is InChI=1S/C32H44ClF2N7O3/c1-18-3-7-43-16-20-15-41(6-8-44-20)30-23-12-36-29(26-21(9-18)24(33)10-25-22(26)13-37-40-25)27(35)28(23)38-31(39-30)45-17-32-4-2-5-42(32)14-19(34)11-32/h12,18-22,24-26,37,40H,2-11,13-17H2,1H3/t18-,19+,20+,21?,22?,24?,25?,26?,32-/m0/s1. The molecule has 0 amide bonds. The predicted octanol–water partition coefficient (Wildman–Crippen LogP) is 3.57. The van der Waals surface area contributed by atoms with Gasteiger partial charge in [0.1, 0.15) is 24.1 Å². The number of rotatable bonds is 3. The molecule has 1 saturated carbocycles. The van der Waals surface area contributed by atoms with E-state index in [9.17, 15) is 4.39 Å². The Morgan fingerprint density at radius 3 is 3.00 bits per heavy atom. The fraction of sp³-hybridized carbons (Fsp3) is 0.781. The van der Waals surface area contributed by atoms with Gasteiger partial charge in [-0.05, 0) is 56.4 Å². The van der Waals surface area contributed by atoms with E-state index < -0.39 is 12.0 Å². The molecule has 246 valence electrons. The van der Waals surface area contributed by atoms with Crippen LogP contribution in [0.25, 0.3) is 10.9 Å². The molecule has 0 spiro atoms. The molecule has 1 aliphatic carbocycles. The maximum atomic E-state index is 17.1. The summed E-state index contributed by atoms with van der Waals surface area (Å²) in [5.74, 6) is 0.508. The van der Waals surface area contributed by atoms with Crippen LogP contribution in [0.2, 0.25) is 0 Å². The zero-order valence-electron chi connectivity index (χ0n) is 25.9. The van der Waals surface area contributed by atoms with Crippen LogP contribution in [-0.4, -0.2) is 108 Å². The lowest BCUT2D eigenvalue weighted by molar-refractivity contribution is -0.0263. The van der Waals surface area contributed by atoms with Gasteiger partial charge in [-0.15, -0.1) is 11.6 Å². The molecule has 7 aliphatic rings. The SMILES string of the molecule is C[C@H]1CCOC[C@H]2CN(CCO2)c2nc(OC[C@@]34CCCN3C[C@H](F)C4)nc3c(F)c(ncc23)C2C(C1)C(Cl)CC1NNCC12. The summed E-state index contributed by atoms with van der Waals surface area (Å²) in [7, 11) is 0. The number of hydrogen-bond donors (Lipinski definition) is 2. The van der Waals surface area contributed by atoms with Crippen molar-refractivity contribution in [3.63, 3.8) is 0 Å². The summed E-state index contributed by atoms with van der Waals surface area (Å²) >= 11 is 7.13. The van der Waals surface area contributed by atoms with Gasteiger partial charge in [0.05, 0.1) is 35.9 Å². The zero-order valence-corrected chi connectivity index (χ0v) is 26.7. The number of fused-ring (bicyclic) bond motifs is 8. The highest BCUT2D eigenvalue weighted by molar-refractivity contribution is 6.21. The summed E-state index contributed by atoms with van der Waals surface area (Å²) in [5, 5.41) is 0.422. The summed E-state index contributed by atoms with van der Waals surface area (Å²) < 4.78 is 50.1. The maximum Gasteiger partial charge on any atom is 0.319 e. The molecule has 8 heterocycles. The second kappa shape index (κ2) is 12.2. The van der Waals surface area contributed by atoms with Gasteiger partial charge in [-0.3, -0.25) is 20.7 Å². The van der Waals surface area contributed by atoms with Gasteiger partial charge in [0.25, 0.3) is 0 Å². The first kappa shape index (κ1) is 30.4. The minimum absolute atomic E-state index is 0.0453. The fourth-order valence-corrected chi connectivity index (χ4v) is 9.60. The molecule has 0 aromatic carbocycles. The molecule has 5 unspecified atom stereocenters. The highest BCUT2D eigenvalue weighted by Crippen LogP contribution is 2.49. The fourth-order valence-electron chi connectivity index (χ4n) is 9.14. The van der Waals surface area contributed by atoms with Crippen LogP contribution in [0.1, 0.15) is 57.1 Å². The van der Waals surface area contributed by atoms with Gasteiger partial charge in [-0.2, -0.15) is 9.97 Å². The molecule has 45 heavy (non-hydrogen) atoms. The van der Waals surface area contributed by atoms with Gasteiger partial charge in [0.15, 0.2) is 5.82 Å². The van der Waals surface area contributed by atoms with E-state index in [2.05, 4.69) is 27.6 Å². The molecule has 0 radical (unpaired) electrons. The minimum Gasteiger partial charge on any atom is -0.461 e. The van der Waals surface area contributed by atoms with Gasteiger partial charge in [0, 0.05) is 62.7 Å². The van der Waals surface area contributed by atoms with Crippen molar-refractivity contribution in [2.75, 3.05) is 64.1 Å². The number of ether oxygens (including phenoxy) is 3. The number of hydrogen-bond acceptors (Lipinski definition) is 10. The van der Waals surface area contributed by atoms with Crippen LogP contribution in [0.3, 0.4) is 0 Å². The number of anilines is 1. The highest BCUT2D eigenvalue weighted by Gasteiger charge is 2.50. The first-order valence-electron chi connectivity index (χ1n) is 16.8. The molecule has 6 aliphatic heterocycles. The van der Waals surface area contributed by atoms with E-state index in [1.54, 1.807) is 6.20 Å². The Bertz CT molecular complexity index is 1410. The second-order valence-electron chi connectivity index (χ2n) is 14.3. The molecule has 4 saturated heterocycles. The quantitative estimate of drug-likeness (QED) is 0.482. The molecular formula is C32H44ClF2N7O3. The predicted molar refractivity (Wildman–Crippen MR) is 166 cm³/mol.